The van der Waals surface area contributed by atoms with Crippen LogP contribution in [0.25, 0.3) is 11.1 Å². The number of fused-ring (bicyclic) bond motifs is 8. The summed E-state index contributed by atoms with van der Waals surface area (Å²) in [5.41, 5.74) is 6.93. The molecular formula is C30H32N2O7. The number of benzene rings is 3. The lowest BCUT2D eigenvalue weighted by Crippen LogP contribution is -2.37. The lowest BCUT2D eigenvalue weighted by atomic mass is 9.93. The number of methoxy groups -OCH3 is 3. The van der Waals surface area contributed by atoms with Crippen LogP contribution in [0.5, 0.6) is 40.2 Å². The molecule has 9 nitrogen and oxygen atoms in total. The minimum Gasteiger partial charge on any atom is -0.497 e. The van der Waals surface area contributed by atoms with Gasteiger partial charge in [-0.3, -0.25) is 9.80 Å². The summed E-state index contributed by atoms with van der Waals surface area (Å²) >= 11 is 0. The molecule has 4 aliphatic heterocycles. The van der Waals surface area contributed by atoms with E-state index >= 15 is 0 Å². The van der Waals surface area contributed by atoms with Gasteiger partial charge in [-0.05, 0) is 52.9 Å². The molecule has 0 saturated heterocycles. The van der Waals surface area contributed by atoms with Crippen molar-refractivity contribution in [2.24, 2.45) is 0 Å². The van der Waals surface area contributed by atoms with Gasteiger partial charge in [0.1, 0.15) is 5.75 Å². The maximum atomic E-state index is 6.04. The van der Waals surface area contributed by atoms with Crippen molar-refractivity contribution >= 4 is 0 Å². The van der Waals surface area contributed by atoms with E-state index in [1.54, 1.807) is 21.3 Å². The smallest absolute Gasteiger partial charge is 0.231 e. The van der Waals surface area contributed by atoms with Gasteiger partial charge < -0.3 is 33.2 Å². The highest BCUT2D eigenvalue weighted by Crippen LogP contribution is 2.57. The standard InChI is InChI=1S/C30H32N2O7/c1-33-22-5-4-19-13-31(7-6-18(19)10-22)8-9-32-14-20-11-23(34-2)27-29(38-16-36-27)25(20)26-21(15-32)12-24(35-3)28-30(26)39-17-37-28/h4-5,10-12H,6-9,13-17H2,1-3H3. The molecule has 0 radical (unpaired) electrons. The molecule has 0 spiro atoms. The van der Waals surface area contributed by atoms with Gasteiger partial charge in [0.25, 0.3) is 0 Å². The summed E-state index contributed by atoms with van der Waals surface area (Å²) in [4.78, 5) is 5.00. The van der Waals surface area contributed by atoms with Crippen molar-refractivity contribution in [3.8, 4) is 51.4 Å². The predicted molar refractivity (Wildman–Crippen MR) is 143 cm³/mol. The Morgan fingerprint density at radius 2 is 1.18 bits per heavy atom. The summed E-state index contributed by atoms with van der Waals surface area (Å²) in [5, 5.41) is 0. The third-order valence-corrected chi connectivity index (χ3v) is 8.10. The maximum absolute atomic E-state index is 6.04. The van der Waals surface area contributed by atoms with E-state index in [2.05, 4.69) is 40.1 Å². The Bertz CT molecular complexity index is 1370. The molecule has 0 saturated carbocycles. The lowest BCUT2D eigenvalue weighted by Gasteiger charge is -2.31. The van der Waals surface area contributed by atoms with E-state index in [0.29, 0.717) is 34.5 Å². The average Bonchev–Trinajstić information content (AvgIpc) is 3.63. The van der Waals surface area contributed by atoms with Crippen molar-refractivity contribution in [1.82, 2.24) is 9.80 Å². The van der Waals surface area contributed by atoms with E-state index in [1.165, 1.54) is 11.1 Å². The van der Waals surface area contributed by atoms with Crippen molar-refractivity contribution in [1.29, 1.82) is 0 Å². The quantitative estimate of drug-likeness (QED) is 0.464. The Balaban J connectivity index is 1.23. The average molecular weight is 533 g/mol. The maximum Gasteiger partial charge on any atom is 0.231 e. The second-order valence-electron chi connectivity index (χ2n) is 10.2. The van der Waals surface area contributed by atoms with Crippen LogP contribution in [0, 0.1) is 0 Å². The van der Waals surface area contributed by atoms with Crippen LogP contribution < -0.4 is 33.2 Å². The first kappa shape index (κ1) is 24.2. The molecule has 204 valence electrons. The molecule has 4 heterocycles. The molecule has 0 unspecified atom stereocenters. The Morgan fingerprint density at radius 1 is 0.615 bits per heavy atom. The minimum absolute atomic E-state index is 0.152. The predicted octanol–water partition coefficient (Wildman–Crippen LogP) is 4.21. The highest BCUT2D eigenvalue weighted by atomic mass is 16.7. The Morgan fingerprint density at radius 3 is 1.77 bits per heavy atom. The van der Waals surface area contributed by atoms with E-state index in [4.69, 9.17) is 33.2 Å². The van der Waals surface area contributed by atoms with Crippen molar-refractivity contribution in [3.05, 3.63) is 52.6 Å². The highest BCUT2D eigenvalue weighted by molar-refractivity contribution is 5.89. The summed E-state index contributed by atoms with van der Waals surface area (Å²) in [6, 6.07) is 10.6. The Labute approximate surface area is 227 Å². The van der Waals surface area contributed by atoms with Gasteiger partial charge in [-0.15, -0.1) is 0 Å². The zero-order chi connectivity index (χ0) is 26.5. The molecule has 0 aromatic heterocycles. The first-order chi connectivity index (χ1) is 19.2. The van der Waals surface area contributed by atoms with Gasteiger partial charge in [0.2, 0.25) is 25.1 Å². The number of hydrogen-bond donors (Lipinski definition) is 0. The lowest BCUT2D eigenvalue weighted by molar-refractivity contribution is 0.170. The molecule has 9 heteroatoms. The summed E-state index contributed by atoms with van der Waals surface area (Å²) in [5.74, 6) is 4.92. The molecule has 3 aromatic carbocycles. The zero-order valence-electron chi connectivity index (χ0n) is 22.5. The highest BCUT2D eigenvalue weighted by Gasteiger charge is 2.36. The van der Waals surface area contributed by atoms with E-state index in [0.717, 1.165) is 73.7 Å². The summed E-state index contributed by atoms with van der Waals surface area (Å²) in [6.07, 6.45) is 1.03. The van der Waals surface area contributed by atoms with Gasteiger partial charge in [0.05, 0.1) is 21.3 Å². The fraction of sp³-hybridized carbons (Fsp3) is 0.400. The van der Waals surface area contributed by atoms with Crippen molar-refractivity contribution in [2.45, 2.75) is 26.1 Å². The molecule has 39 heavy (non-hydrogen) atoms. The van der Waals surface area contributed by atoms with Crippen LogP contribution in [0.1, 0.15) is 22.3 Å². The topological polar surface area (TPSA) is 71.1 Å². The van der Waals surface area contributed by atoms with Crippen LogP contribution in [-0.2, 0) is 26.1 Å². The summed E-state index contributed by atoms with van der Waals surface area (Å²) in [6.45, 7) is 5.60. The second-order valence-corrected chi connectivity index (χ2v) is 10.2. The molecule has 0 aliphatic carbocycles. The van der Waals surface area contributed by atoms with Crippen LogP contribution in [0.2, 0.25) is 0 Å². The van der Waals surface area contributed by atoms with Gasteiger partial charge in [0.15, 0.2) is 23.0 Å². The third-order valence-electron chi connectivity index (χ3n) is 8.10. The van der Waals surface area contributed by atoms with Crippen LogP contribution in [0.4, 0.5) is 0 Å². The van der Waals surface area contributed by atoms with Crippen molar-refractivity contribution in [3.63, 3.8) is 0 Å². The van der Waals surface area contributed by atoms with E-state index < -0.39 is 0 Å². The van der Waals surface area contributed by atoms with Gasteiger partial charge in [-0.25, -0.2) is 0 Å². The molecule has 0 bridgehead atoms. The van der Waals surface area contributed by atoms with Gasteiger partial charge in [0, 0.05) is 50.4 Å². The molecule has 7 rings (SSSR count). The Hall–Kier alpha value is -3.82. The van der Waals surface area contributed by atoms with Crippen LogP contribution in [-0.4, -0.2) is 64.3 Å². The van der Waals surface area contributed by atoms with Gasteiger partial charge in [-0.1, -0.05) is 6.07 Å². The zero-order valence-corrected chi connectivity index (χ0v) is 22.5. The summed E-state index contributed by atoms with van der Waals surface area (Å²) in [7, 11) is 5.05. The Kier molecular flexibility index (Phi) is 6.05. The van der Waals surface area contributed by atoms with Crippen LogP contribution in [0.15, 0.2) is 30.3 Å². The number of hydrogen-bond acceptors (Lipinski definition) is 9. The molecule has 0 fully saturated rings. The van der Waals surface area contributed by atoms with Crippen LogP contribution in [0.3, 0.4) is 0 Å². The molecule has 0 amide bonds. The van der Waals surface area contributed by atoms with Gasteiger partial charge in [-0.2, -0.15) is 0 Å². The number of ether oxygens (including phenoxy) is 7. The minimum atomic E-state index is 0.152. The molecular weight excluding hydrogens is 500 g/mol. The van der Waals surface area contributed by atoms with E-state index in [9.17, 15) is 0 Å². The molecule has 3 aromatic rings. The third kappa shape index (κ3) is 4.08. The largest absolute Gasteiger partial charge is 0.497 e. The first-order valence-corrected chi connectivity index (χ1v) is 13.3. The normalized spacial score (nSPS) is 17.2. The van der Waals surface area contributed by atoms with E-state index in [1.807, 2.05) is 0 Å². The summed E-state index contributed by atoms with van der Waals surface area (Å²) < 4.78 is 40.6. The monoisotopic (exact) mass is 532 g/mol. The van der Waals surface area contributed by atoms with Gasteiger partial charge >= 0.3 is 0 Å². The number of nitrogens with zero attached hydrogens (tertiary/aromatic N) is 2. The fourth-order valence-electron chi connectivity index (χ4n) is 6.16. The molecule has 4 aliphatic rings. The SMILES string of the molecule is COc1ccc2c(c1)CCN(CCN1Cc3cc(OC)c4c(c3-c3c(cc(OC)c5c3OCO5)C1)OCO4)C2. The molecule has 0 N–H and O–H groups in total. The van der Waals surface area contributed by atoms with Crippen molar-refractivity contribution in [2.75, 3.05) is 54.5 Å². The molecule has 0 atom stereocenters. The second kappa shape index (κ2) is 9.73. The first-order valence-electron chi connectivity index (χ1n) is 13.3. The van der Waals surface area contributed by atoms with Crippen molar-refractivity contribution < 1.29 is 33.2 Å². The van der Waals surface area contributed by atoms with E-state index in [-0.39, 0.29) is 13.6 Å². The number of rotatable bonds is 6. The fourth-order valence-corrected chi connectivity index (χ4v) is 6.16. The van der Waals surface area contributed by atoms with Crippen LogP contribution >= 0.6 is 0 Å².